The summed E-state index contributed by atoms with van der Waals surface area (Å²) < 4.78 is 0. The molecule has 0 aliphatic carbocycles. The van der Waals surface area contributed by atoms with E-state index >= 15 is 0 Å². The van der Waals surface area contributed by atoms with Gasteiger partial charge >= 0.3 is 0 Å². The number of non-ortho nitro benzene ring substituents is 1. The summed E-state index contributed by atoms with van der Waals surface area (Å²) in [4.78, 5) is 10.1. The highest BCUT2D eigenvalue weighted by atomic mass is 16.6. The van der Waals surface area contributed by atoms with Gasteiger partial charge in [-0.2, -0.15) is 5.10 Å². The van der Waals surface area contributed by atoms with Gasteiger partial charge in [0.05, 0.1) is 10.6 Å². The number of hydrogen-bond acceptors (Lipinski definition) is 4. The summed E-state index contributed by atoms with van der Waals surface area (Å²) in [6.45, 7) is 7.90. The van der Waals surface area contributed by atoms with Gasteiger partial charge < -0.3 is 5.43 Å². The average molecular weight is 235 g/mol. The number of rotatable bonds is 3. The number of hydrazone groups is 1. The minimum atomic E-state index is -0.413. The Hall–Kier alpha value is -1.91. The van der Waals surface area contributed by atoms with Crippen LogP contribution in [0, 0.1) is 10.1 Å². The lowest BCUT2D eigenvalue weighted by Gasteiger charge is -2.18. The second kappa shape index (κ2) is 4.95. The predicted octanol–water partition coefficient (Wildman–Crippen LogP) is 2.71. The van der Waals surface area contributed by atoms with Crippen molar-refractivity contribution in [2.75, 3.05) is 0 Å². The highest BCUT2D eigenvalue weighted by molar-refractivity contribution is 5.98. The Bertz CT molecular complexity index is 430. The number of nitrogens with one attached hydrogen (secondary N) is 1. The normalized spacial score (nSPS) is 12.4. The quantitative estimate of drug-likeness (QED) is 0.497. The van der Waals surface area contributed by atoms with Crippen molar-refractivity contribution in [3.8, 4) is 0 Å². The van der Waals surface area contributed by atoms with E-state index in [9.17, 15) is 10.1 Å². The first-order valence-corrected chi connectivity index (χ1v) is 5.36. The molecule has 0 unspecified atom stereocenters. The molecule has 0 saturated heterocycles. The third-order valence-electron chi connectivity index (χ3n) is 2.05. The summed E-state index contributed by atoms with van der Waals surface area (Å²) >= 11 is 0. The van der Waals surface area contributed by atoms with Gasteiger partial charge in [0.2, 0.25) is 0 Å². The van der Waals surface area contributed by atoms with E-state index < -0.39 is 4.92 Å². The van der Waals surface area contributed by atoms with Crippen LogP contribution in [0.15, 0.2) is 29.4 Å². The van der Waals surface area contributed by atoms with Crippen molar-refractivity contribution in [2.24, 2.45) is 5.10 Å². The third-order valence-corrected chi connectivity index (χ3v) is 2.05. The second-order valence-corrected chi connectivity index (χ2v) is 4.86. The van der Waals surface area contributed by atoms with Gasteiger partial charge in [0.1, 0.15) is 0 Å². The number of nitro benzene ring substituents is 1. The topological polar surface area (TPSA) is 67.5 Å². The summed E-state index contributed by atoms with van der Waals surface area (Å²) in [7, 11) is 0. The lowest BCUT2D eigenvalue weighted by molar-refractivity contribution is -0.384. The number of benzene rings is 1. The van der Waals surface area contributed by atoms with Crippen molar-refractivity contribution < 1.29 is 4.92 Å². The molecule has 0 aliphatic rings. The zero-order chi connectivity index (χ0) is 13.1. The number of hydrogen-bond donors (Lipinski definition) is 1. The molecule has 5 nitrogen and oxygen atoms in total. The SMILES string of the molecule is CC(=NNC(C)(C)C)c1ccc([N+](=O)[O-])cc1. The van der Waals surface area contributed by atoms with Crippen LogP contribution in [0.25, 0.3) is 0 Å². The van der Waals surface area contributed by atoms with E-state index in [-0.39, 0.29) is 11.2 Å². The molecule has 0 aliphatic heterocycles. The van der Waals surface area contributed by atoms with Gasteiger partial charge in [-0.1, -0.05) is 0 Å². The van der Waals surface area contributed by atoms with Crippen LogP contribution in [-0.2, 0) is 0 Å². The van der Waals surface area contributed by atoms with Crippen LogP contribution in [0.1, 0.15) is 33.3 Å². The molecule has 92 valence electrons. The molecule has 1 rings (SSSR count). The molecule has 1 N–H and O–H groups in total. The smallest absolute Gasteiger partial charge is 0.269 e. The van der Waals surface area contributed by atoms with Crippen LogP contribution in [0.5, 0.6) is 0 Å². The third kappa shape index (κ3) is 4.22. The molecule has 0 radical (unpaired) electrons. The van der Waals surface area contributed by atoms with Crippen LogP contribution in [0.3, 0.4) is 0 Å². The first kappa shape index (κ1) is 13.2. The van der Waals surface area contributed by atoms with Crippen molar-refractivity contribution in [2.45, 2.75) is 33.2 Å². The maximum Gasteiger partial charge on any atom is 0.269 e. The molecule has 5 heteroatoms. The van der Waals surface area contributed by atoms with E-state index in [1.54, 1.807) is 12.1 Å². The van der Waals surface area contributed by atoms with Gasteiger partial charge in [0.25, 0.3) is 5.69 Å². The fraction of sp³-hybridized carbons (Fsp3) is 0.417. The molecular weight excluding hydrogens is 218 g/mol. The Balaban J connectivity index is 2.83. The summed E-state index contributed by atoms with van der Waals surface area (Å²) in [5.41, 5.74) is 4.67. The summed E-state index contributed by atoms with van der Waals surface area (Å²) in [5.74, 6) is 0. The summed E-state index contributed by atoms with van der Waals surface area (Å²) in [6, 6.07) is 6.35. The molecule has 0 atom stereocenters. The molecule has 0 saturated carbocycles. The lowest BCUT2D eigenvalue weighted by Crippen LogP contribution is -2.32. The van der Waals surface area contributed by atoms with Crippen molar-refractivity contribution in [3.63, 3.8) is 0 Å². The summed E-state index contributed by atoms with van der Waals surface area (Å²) in [6.07, 6.45) is 0. The van der Waals surface area contributed by atoms with E-state index in [0.29, 0.717) is 0 Å². The van der Waals surface area contributed by atoms with Crippen LogP contribution in [0.4, 0.5) is 5.69 Å². The summed E-state index contributed by atoms with van der Waals surface area (Å²) in [5, 5.41) is 14.7. The van der Waals surface area contributed by atoms with Gasteiger partial charge in [0, 0.05) is 17.7 Å². The van der Waals surface area contributed by atoms with E-state index in [1.165, 1.54) is 12.1 Å². The standard InChI is InChI=1S/C12H17N3O2/c1-9(13-14-12(2,3)4)10-5-7-11(8-6-10)15(16)17/h5-8,14H,1-4H3. The minimum absolute atomic E-state index is 0.0883. The molecule has 1 aromatic rings. The first-order valence-electron chi connectivity index (χ1n) is 5.36. The van der Waals surface area contributed by atoms with E-state index in [2.05, 4.69) is 10.5 Å². The van der Waals surface area contributed by atoms with Crippen LogP contribution >= 0.6 is 0 Å². The van der Waals surface area contributed by atoms with Gasteiger partial charge in [-0.3, -0.25) is 10.1 Å². The lowest BCUT2D eigenvalue weighted by atomic mass is 10.1. The van der Waals surface area contributed by atoms with Crippen molar-refractivity contribution in [1.29, 1.82) is 0 Å². The van der Waals surface area contributed by atoms with Crippen molar-refractivity contribution in [1.82, 2.24) is 5.43 Å². The Kier molecular flexibility index (Phi) is 3.83. The molecule has 0 bridgehead atoms. The predicted molar refractivity (Wildman–Crippen MR) is 68.2 cm³/mol. The monoisotopic (exact) mass is 235 g/mol. The van der Waals surface area contributed by atoms with E-state index in [1.807, 2.05) is 27.7 Å². The molecule has 1 aromatic carbocycles. The Morgan fingerprint density at radius 1 is 1.29 bits per heavy atom. The second-order valence-electron chi connectivity index (χ2n) is 4.86. The van der Waals surface area contributed by atoms with E-state index in [4.69, 9.17) is 0 Å². The largest absolute Gasteiger partial charge is 0.305 e. The zero-order valence-electron chi connectivity index (χ0n) is 10.5. The van der Waals surface area contributed by atoms with Crippen LogP contribution in [0.2, 0.25) is 0 Å². The molecule has 0 amide bonds. The highest BCUT2D eigenvalue weighted by Crippen LogP contribution is 2.12. The van der Waals surface area contributed by atoms with Crippen LogP contribution < -0.4 is 5.43 Å². The highest BCUT2D eigenvalue weighted by Gasteiger charge is 2.08. The molecule has 0 fully saturated rings. The molecule has 0 spiro atoms. The Morgan fingerprint density at radius 2 is 1.82 bits per heavy atom. The van der Waals surface area contributed by atoms with Crippen molar-refractivity contribution >= 4 is 11.4 Å². The maximum absolute atomic E-state index is 10.5. The fourth-order valence-electron chi connectivity index (χ4n) is 1.14. The number of nitro groups is 1. The zero-order valence-corrected chi connectivity index (χ0v) is 10.5. The molecule has 17 heavy (non-hydrogen) atoms. The Labute approximate surface area is 101 Å². The van der Waals surface area contributed by atoms with Crippen LogP contribution in [-0.4, -0.2) is 16.2 Å². The first-order chi connectivity index (χ1) is 7.79. The maximum atomic E-state index is 10.5. The van der Waals surface area contributed by atoms with Crippen molar-refractivity contribution in [3.05, 3.63) is 39.9 Å². The minimum Gasteiger partial charge on any atom is -0.305 e. The van der Waals surface area contributed by atoms with E-state index in [0.717, 1.165) is 11.3 Å². The van der Waals surface area contributed by atoms with Gasteiger partial charge in [-0.05, 0) is 45.4 Å². The van der Waals surface area contributed by atoms with Gasteiger partial charge in [-0.25, -0.2) is 0 Å². The van der Waals surface area contributed by atoms with Gasteiger partial charge in [0.15, 0.2) is 0 Å². The molecule has 0 aromatic heterocycles. The van der Waals surface area contributed by atoms with Gasteiger partial charge in [-0.15, -0.1) is 0 Å². The number of nitrogens with zero attached hydrogens (tertiary/aromatic N) is 2. The molecular formula is C12H17N3O2. The molecule has 0 heterocycles. The average Bonchev–Trinajstić information content (AvgIpc) is 2.25. The Morgan fingerprint density at radius 3 is 2.24 bits per heavy atom. The fourth-order valence-corrected chi connectivity index (χ4v) is 1.14.